The molecule has 22 heavy (non-hydrogen) atoms. The summed E-state index contributed by atoms with van der Waals surface area (Å²) in [6.07, 6.45) is 13.4. The van der Waals surface area contributed by atoms with Crippen LogP contribution >= 0.6 is 11.6 Å². The average Bonchev–Trinajstić information content (AvgIpc) is 2.50. The van der Waals surface area contributed by atoms with Crippen LogP contribution in [0.15, 0.2) is 0 Å². The van der Waals surface area contributed by atoms with Crippen LogP contribution in [0.25, 0.3) is 0 Å². The highest BCUT2D eigenvalue weighted by molar-refractivity contribution is 6.63. The zero-order chi connectivity index (χ0) is 16.2. The molecule has 0 unspecified atom stereocenters. The summed E-state index contributed by atoms with van der Waals surface area (Å²) in [7, 11) is 0. The molecule has 1 saturated carbocycles. The van der Waals surface area contributed by atoms with Crippen LogP contribution in [-0.2, 0) is 14.3 Å². The van der Waals surface area contributed by atoms with E-state index in [2.05, 4.69) is 6.92 Å². The first-order valence-corrected chi connectivity index (χ1v) is 9.40. The molecule has 1 aliphatic carbocycles. The molecule has 128 valence electrons. The third-order valence-corrected chi connectivity index (χ3v) is 4.84. The minimum absolute atomic E-state index is 0.00573. The maximum Gasteiger partial charge on any atom is 0.306 e. The van der Waals surface area contributed by atoms with Crippen molar-refractivity contribution in [3.8, 4) is 0 Å². The summed E-state index contributed by atoms with van der Waals surface area (Å²) >= 11 is 5.50. The predicted molar refractivity (Wildman–Crippen MR) is 89.9 cm³/mol. The first-order chi connectivity index (χ1) is 10.6. The van der Waals surface area contributed by atoms with Crippen molar-refractivity contribution < 1.29 is 14.3 Å². The number of carbonyl (C=O) groups excluding carboxylic acids is 2. The van der Waals surface area contributed by atoms with Gasteiger partial charge in [0.05, 0.1) is 0 Å². The number of esters is 1. The van der Waals surface area contributed by atoms with Gasteiger partial charge < -0.3 is 4.74 Å². The van der Waals surface area contributed by atoms with E-state index in [1.807, 2.05) is 0 Å². The van der Waals surface area contributed by atoms with Gasteiger partial charge in [-0.05, 0) is 43.7 Å². The molecular formula is C18H31ClO3. The minimum atomic E-state index is -0.247. The molecule has 4 heteroatoms. The maximum absolute atomic E-state index is 11.8. The van der Waals surface area contributed by atoms with Crippen LogP contribution < -0.4 is 0 Å². The Morgan fingerprint density at radius 2 is 1.45 bits per heavy atom. The summed E-state index contributed by atoms with van der Waals surface area (Å²) in [6, 6.07) is 0. The number of unbranched alkanes of at least 4 members (excludes halogenated alkanes) is 7. The first kappa shape index (κ1) is 19.5. The Balaban J connectivity index is 1.97. The zero-order valence-electron chi connectivity index (χ0n) is 13.9. The maximum atomic E-state index is 11.8. The van der Waals surface area contributed by atoms with E-state index in [4.69, 9.17) is 16.3 Å². The number of hydrogen-bond donors (Lipinski definition) is 0. The van der Waals surface area contributed by atoms with Crippen molar-refractivity contribution in [3.05, 3.63) is 0 Å². The monoisotopic (exact) mass is 330 g/mol. The van der Waals surface area contributed by atoms with E-state index in [9.17, 15) is 9.59 Å². The van der Waals surface area contributed by atoms with E-state index in [1.54, 1.807) is 0 Å². The van der Waals surface area contributed by atoms with Crippen molar-refractivity contribution in [3.63, 3.8) is 0 Å². The van der Waals surface area contributed by atoms with Crippen LogP contribution in [0.1, 0.15) is 90.4 Å². The molecule has 1 fully saturated rings. The molecule has 0 N–H and O–H groups in total. The van der Waals surface area contributed by atoms with Gasteiger partial charge >= 0.3 is 5.97 Å². The van der Waals surface area contributed by atoms with Gasteiger partial charge in [0.25, 0.3) is 0 Å². The van der Waals surface area contributed by atoms with Gasteiger partial charge in [0.2, 0.25) is 5.24 Å². The normalized spacial score (nSPS) is 21.5. The largest absolute Gasteiger partial charge is 0.462 e. The second-order valence-corrected chi connectivity index (χ2v) is 6.86. The molecule has 0 aromatic carbocycles. The molecule has 0 amide bonds. The fourth-order valence-electron chi connectivity index (χ4n) is 3.06. The lowest BCUT2D eigenvalue weighted by molar-refractivity contribution is -0.151. The Kier molecular flexibility index (Phi) is 10.6. The summed E-state index contributed by atoms with van der Waals surface area (Å²) in [4.78, 5) is 22.9. The topological polar surface area (TPSA) is 43.4 Å². The minimum Gasteiger partial charge on any atom is -0.462 e. The smallest absolute Gasteiger partial charge is 0.306 e. The third-order valence-electron chi connectivity index (χ3n) is 4.53. The van der Waals surface area contributed by atoms with Crippen LogP contribution in [0.3, 0.4) is 0 Å². The van der Waals surface area contributed by atoms with E-state index in [0.717, 1.165) is 38.5 Å². The van der Waals surface area contributed by atoms with E-state index in [1.165, 1.54) is 38.5 Å². The molecular weight excluding hydrogens is 300 g/mol. The molecule has 0 aromatic heterocycles. The van der Waals surface area contributed by atoms with E-state index in [-0.39, 0.29) is 23.2 Å². The van der Waals surface area contributed by atoms with E-state index < -0.39 is 0 Å². The molecule has 0 heterocycles. The molecule has 0 bridgehead atoms. The Bertz CT molecular complexity index is 322. The van der Waals surface area contributed by atoms with Gasteiger partial charge in [0.1, 0.15) is 6.10 Å². The van der Waals surface area contributed by atoms with E-state index in [0.29, 0.717) is 6.42 Å². The number of ether oxygens (including phenoxy) is 1. The van der Waals surface area contributed by atoms with Gasteiger partial charge in [-0.15, -0.1) is 0 Å². The van der Waals surface area contributed by atoms with Gasteiger partial charge in [-0.25, -0.2) is 0 Å². The molecule has 0 saturated heterocycles. The summed E-state index contributed by atoms with van der Waals surface area (Å²) in [5.74, 6) is -0.115. The molecule has 0 radical (unpaired) electrons. The molecule has 0 aromatic rings. The lowest BCUT2D eigenvalue weighted by Gasteiger charge is -2.26. The van der Waals surface area contributed by atoms with Crippen molar-refractivity contribution in [2.45, 2.75) is 96.5 Å². The lowest BCUT2D eigenvalue weighted by atomic mass is 9.88. The molecule has 1 rings (SSSR count). The molecule has 0 aliphatic heterocycles. The van der Waals surface area contributed by atoms with Crippen molar-refractivity contribution in [1.29, 1.82) is 0 Å². The highest BCUT2D eigenvalue weighted by Crippen LogP contribution is 2.28. The number of halogens is 1. The van der Waals surface area contributed by atoms with Gasteiger partial charge in [0.15, 0.2) is 0 Å². The SMILES string of the molecule is CCCCCCCCCCC(=O)OC1CCC(C(=O)Cl)CC1. The summed E-state index contributed by atoms with van der Waals surface area (Å²) in [6.45, 7) is 2.23. The molecule has 3 nitrogen and oxygen atoms in total. The van der Waals surface area contributed by atoms with Gasteiger partial charge in [-0.1, -0.05) is 51.9 Å². The second-order valence-electron chi connectivity index (χ2n) is 6.49. The van der Waals surface area contributed by atoms with Crippen molar-refractivity contribution >= 4 is 22.8 Å². The second kappa shape index (κ2) is 11.9. The van der Waals surface area contributed by atoms with E-state index >= 15 is 0 Å². The molecule has 0 atom stereocenters. The van der Waals surface area contributed by atoms with Crippen LogP contribution in [0, 0.1) is 5.92 Å². The van der Waals surface area contributed by atoms with Crippen LogP contribution in [0.2, 0.25) is 0 Å². The lowest BCUT2D eigenvalue weighted by Crippen LogP contribution is -2.26. The number of hydrogen-bond acceptors (Lipinski definition) is 3. The predicted octanol–water partition coefficient (Wildman–Crippen LogP) is 5.38. The Hall–Kier alpha value is -0.570. The standard InChI is InChI=1S/C18H31ClO3/c1-2-3-4-5-6-7-8-9-10-17(20)22-16-13-11-15(12-14-16)18(19)21/h15-16H,2-14H2,1H3. The molecule has 1 aliphatic rings. The zero-order valence-corrected chi connectivity index (χ0v) is 14.7. The van der Waals surface area contributed by atoms with Crippen molar-refractivity contribution in [2.24, 2.45) is 5.92 Å². The number of carbonyl (C=O) groups is 2. The fraction of sp³-hybridized carbons (Fsp3) is 0.889. The fourth-order valence-corrected chi connectivity index (χ4v) is 3.27. The highest BCUT2D eigenvalue weighted by Gasteiger charge is 2.27. The third kappa shape index (κ3) is 8.77. The Morgan fingerprint density at radius 3 is 2.00 bits per heavy atom. The van der Waals surface area contributed by atoms with Gasteiger partial charge in [-0.3, -0.25) is 9.59 Å². The summed E-state index contributed by atoms with van der Waals surface area (Å²) < 4.78 is 5.49. The summed E-state index contributed by atoms with van der Waals surface area (Å²) in [5.41, 5.74) is 0. The average molecular weight is 331 g/mol. The van der Waals surface area contributed by atoms with Crippen molar-refractivity contribution in [2.75, 3.05) is 0 Å². The quantitative estimate of drug-likeness (QED) is 0.290. The Morgan fingerprint density at radius 1 is 0.909 bits per heavy atom. The van der Waals surface area contributed by atoms with Gasteiger partial charge in [0, 0.05) is 12.3 Å². The van der Waals surface area contributed by atoms with Crippen LogP contribution in [0.4, 0.5) is 0 Å². The summed E-state index contributed by atoms with van der Waals surface area (Å²) in [5, 5.41) is -0.247. The molecule has 0 spiro atoms. The number of rotatable bonds is 11. The first-order valence-electron chi connectivity index (χ1n) is 9.02. The Labute approximate surface area is 140 Å². The van der Waals surface area contributed by atoms with Crippen LogP contribution in [0.5, 0.6) is 0 Å². The van der Waals surface area contributed by atoms with Gasteiger partial charge in [-0.2, -0.15) is 0 Å². The van der Waals surface area contributed by atoms with Crippen LogP contribution in [-0.4, -0.2) is 17.3 Å². The highest BCUT2D eigenvalue weighted by atomic mass is 35.5. The van der Waals surface area contributed by atoms with Crippen molar-refractivity contribution in [1.82, 2.24) is 0 Å².